The van der Waals surface area contributed by atoms with E-state index in [9.17, 15) is 0 Å². The van der Waals surface area contributed by atoms with Crippen molar-refractivity contribution in [3.05, 3.63) is 11.8 Å². The zero-order valence-electron chi connectivity index (χ0n) is 6.67. The molecule has 0 radical (unpaired) electrons. The van der Waals surface area contributed by atoms with Crippen molar-refractivity contribution in [2.75, 3.05) is 0 Å². The number of hydrogen-bond acceptors (Lipinski definition) is 2. The molecule has 0 rings (SSSR count). The Bertz CT molecular complexity index is 102. The van der Waals surface area contributed by atoms with Gasteiger partial charge in [-0.05, 0) is 39.2 Å². The van der Waals surface area contributed by atoms with Gasteiger partial charge in [-0.1, -0.05) is 0 Å². The first-order valence-electron chi connectivity index (χ1n) is 3.66. The Balaban J connectivity index is 3.13. The minimum absolute atomic E-state index is 0.215. The molecule has 60 valence electrons. The van der Waals surface area contributed by atoms with E-state index in [0.29, 0.717) is 5.76 Å². The number of aliphatic hydroxyl groups is 2. The van der Waals surface area contributed by atoms with Gasteiger partial charge in [-0.15, -0.1) is 0 Å². The molecule has 0 aliphatic carbocycles. The normalized spacial score (nSPS) is 15.3. The lowest BCUT2D eigenvalue weighted by molar-refractivity contribution is 0.182. The fraction of sp³-hybridized carbons (Fsp3) is 0.750. The lowest BCUT2D eigenvalue weighted by atomic mass is 10.1. The number of hydrogen-bond donors (Lipinski definition) is 2. The van der Waals surface area contributed by atoms with E-state index < -0.39 is 0 Å². The van der Waals surface area contributed by atoms with Crippen LogP contribution in [0.2, 0.25) is 0 Å². The van der Waals surface area contributed by atoms with Crippen LogP contribution in [0, 0.1) is 0 Å². The van der Waals surface area contributed by atoms with E-state index in [1.165, 1.54) is 0 Å². The molecule has 0 fully saturated rings. The summed E-state index contributed by atoms with van der Waals surface area (Å²) < 4.78 is 0. The fourth-order valence-corrected chi connectivity index (χ4v) is 0.724. The van der Waals surface area contributed by atoms with Crippen LogP contribution in [-0.4, -0.2) is 16.3 Å². The number of allylic oxidation sites excluding steroid dienone is 2. The molecule has 0 spiro atoms. The minimum Gasteiger partial charge on any atom is -0.513 e. The second-order valence-electron chi connectivity index (χ2n) is 2.63. The molecule has 1 unspecified atom stereocenters. The Labute approximate surface area is 62.2 Å². The predicted molar refractivity (Wildman–Crippen MR) is 41.9 cm³/mol. The highest BCUT2D eigenvalue weighted by Crippen LogP contribution is 2.01. The van der Waals surface area contributed by atoms with Crippen molar-refractivity contribution >= 4 is 0 Å². The molecule has 0 bridgehead atoms. The average molecular weight is 144 g/mol. The van der Waals surface area contributed by atoms with Crippen LogP contribution < -0.4 is 0 Å². The van der Waals surface area contributed by atoms with Gasteiger partial charge in [0.15, 0.2) is 0 Å². The highest BCUT2D eigenvalue weighted by Gasteiger charge is 1.92. The van der Waals surface area contributed by atoms with Crippen molar-refractivity contribution in [2.24, 2.45) is 0 Å². The van der Waals surface area contributed by atoms with Crippen LogP contribution in [0.4, 0.5) is 0 Å². The first-order chi connectivity index (χ1) is 4.63. The smallest absolute Gasteiger partial charge is 0.0851 e. The van der Waals surface area contributed by atoms with Crippen molar-refractivity contribution in [3.63, 3.8) is 0 Å². The summed E-state index contributed by atoms with van der Waals surface area (Å²) in [6, 6.07) is 0. The monoisotopic (exact) mass is 144 g/mol. The molecule has 0 aromatic rings. The second-order valence-corrected chi connectivity index (χ2v) is 2.63. The first kappa shape index (κ1) is 9.50. The summed E-state index contributed by atoms with van der Waals surface area (Å²) in [6.45, 7) is 3.43. The molecule has 0 amide bonds. The fourth-order valence-electron chi connectivity index (χ4n) is 0.724. The van der Waals surface area contributed by atoms with E-state index >= 15 is 0 Å². The molecule has 2 nitrogen and oxygen atoms in total. The maximum Gasteiger partial charge on any atom is 0.0851 e. The van der Waals surface area contributed by atoms with E-state index in [0.717, 1.165) is 19.3 Å². The molecular weight excluding hydrogens is 128 g/mol. The largest absolute Gasteiger partial charge is 0.513 e. The van der Waals surface area contributed by atoms with Crippen LogP contribution in [0.3, 0.4) is 0 Å². The van der Waals surface area contributed by atoms with Crippen LogP contribution in [-0.2, 0) is 0 Å². The summed E-state index contributed by atoms with van der Waals surface area (Å²) in [5.74, 6) is 0.366. The Morgan fingerprint density at radius 1 is 1.60 bits per heavy atom. The van der Waals surface area contributed by atoms with Gasteiger partial charge in [-0.25, -0.2) is 0 Å². The van der Waals surface area contributed by atoms with Gasteiger partial charge in [0.05, 0.1) is 11.9 Å². The molecule has 0 aliphatic rings. The highest BCUT2D eigenvalue weighted by atomic mass is 16.3. The lowest BCUT2D eigenvalue weighted by Gasteiger charge is -1.99. The van der Waals surface area contributed by atoms with Gasteiger partial charge in [0.25, 0.3) is 0 Å². The maximum absolute atomic E-state index is 8.83. The molecule has 2 N–H and O–H groups in total. The summed E-state index contributed by atoms with van der Waals surface area (Å²) in [7, 11) is 0. The summed E-state index contributed by atoms with van der Waals surface area (Å²) >= 11 is 0. The zero-order chi connectivity index (χ0) is 7.98. The van der Waals surface area contributed by atoms with E-state index in [2.05, 4.69) is 0 Å². The van der Waals surface area contributed by atoms with Gasteiger partial charge in [0.1, 0.15) is 0 Å². The molecule has 0 saturated carbocycles. The lowest BCUT2D eigenvalue weighted by Crippen LogP contribution is -1.97. The quantitative estimate of drug-likeness (QED) is 0.468. The Morgan fingerprint density at radius 2 is 2.20 bits per heavy atom. The van der Waals surface area contributed by atoms with E-state index in [1.54, 1.807) is 19.9 Å². The van der Waals surface area contributed by atoms with E-state index in [1.807, 2.05) is 0 Å². The Morgan fingerprint density at radius 3 is 2.60 bits per heavy atom. The minimum atomic E-state index is -0.215. The van der Waals surface area contributed by atoms with Crippen molar-refractivity contribution in [1.82, 2.24) is 0 Å². The third-order valence-corrected chi connectivity index (χ3v) is 1.27. The molecular formula is C8H16O2. The van der Waals surface area contributed by atoms with Crippen molar-refractivity contribution < 1.29 is 10.2 Å². The Hall–Kier alpha value is -0.500. The van der Waals surface area contributed by atoms with Crippen molar-refractivity contribution in [3.8, 4) is 0 Å². The van der Waals surface area contributed by atoms with Gasteiger partial charge >= 0.3 is 0 Å². The van der Waals surface area contributed by atoms with Crippen LogP contribution in [0.25, 0.3) is 0 Å². The maximum atomic E-state index is 8.83. The van der Waals surface area contributed by atoms with Crippen molar-refractivity contribution in [2.45, 2.75) is 39.2 Å². The van der Waals surface area contributed by atoms with Gasteiger partial charge in [0.2, 0.25) is 0 Å². The van der Waals surface area contributed by atoms with Gasteiger partial charge in [0, 0.05) is 0 Å². The summed E-state index contributed by atoms with van der Waals surface area (Å²) in [5.41, 5.74) is 0. The second kappa shape index (κ2) is 5.30. The van der Waals surface area contributed by atoms with Gasteiger partial charge in [-0.2, -0.15) is 0 Å². The zero-order valence-corrected chi connectivity index (χ0v) is 6.67. The molecule has 10 heavy (non-hydrogen) atoms. The topological polar surface area (TPSA) is 40.5 Å². The Kier molecular flexibility index (Phi) is 5.03. The third kappa shape index (κ3) is 7.50. The number of unbranched alkanes of at least 4 members (excludes halogenated alkanes) is 1. The SMILES string of the molecule is CC(O)=CCCCC(C)O. The number of aliphatic hydroxyl groups excluding tert-OH is 2. The molecule has 1 atom stereocenters. The summed E-state index contributed by atoms with van der Waals surface area (Å²) in [4.78, 5) is 0. The summed E-state index contributed by atoms with van der Waals surface area (Å²) in [5, 5.41) is 17.6. The van der Waals surface area contributed by atoms with Crippen molar-refractivity contribution in [1.29, 1.82) is 0 Å². The molecule has 0 aromatic heterocycles. The standard InChI is InChI=1S/C8H16O2/c1-7(9)5-3-4-6-8(2)10/h5,8-10H,3-4,6H2,1-2H3. The van der Waals surface area contributed by atoms with Crippen LogP contribution >= 0.6 is 0 Å². The number of rotatable bonds is 4. The average Bonchev–Trinajstić information content (AvgIpc) is 1.79. The van der Waals surface area contributed by atoms with Crippen LogP contribution in [0.1, 0.15) is 33.1 Å². The molecule has 0 saturated heterocycles. The van der Waals surface area contributed by atoms with E-state index in [-0.39, 0.29) is 6.10 Å². The van der Waals surface area contributed by atoms with E-state index in [4.69, 9.17) is 10.2 Å². The predicted octanol–water partition coefficient (Wildman–Crippen LogP) is 2.00. The third-order valence-electron chi connectivity index (χ3n) is 1.27. The van der Waals surface area contributed by atoms with Gasteiger partial charge < -0.3 is 10.2 Å². The molecule has 0 aromatic carbocycles. The molecule has 2 heteroatoms. The highest BCUT2D eigenvalue weighted by molar-refractivity contribution is 4.85. The van der Waals surface area contributed by atoms with Gasteiger partial charge in [-0.3, -0.25) is 0 Å². The molecule has 0 heterocycles. The first-order valence-corrected chi connectivity index (χ1v) is 3.66. The van der Waals surface area contributed by atoms with Crippen LogP contribution in [0.5, 0.6) is 0 Å². The summed E-state index contributed by atoms with van der Waals surface area (Å²) in [6.07, 6.45) is 4.15. The van der Waals surface area contributed by atoms with Crippen LogP contribution in [0.15, 0.2) is 11.8 Å². The molecule has 0 aliphatic heterocycles.